The van der Waals surface area contributed by atoms with Gasteiger partial charge in [0.25, 0.3) is 0 Å². The third-order valence-electron chi connectivity index (χ3n) is 3.59. The summed E-state index contributed by atoms with van der Waals surface area (Å²) in [5, 5.41) is 4.47. The van der Waals surface area contributed by atoms with Crippen LogP contribution in [0.15, 0.2) is 42.5 Å². The fourth-order valence-electron chi connectivity index (χ4n) is 2.48. The molecule has 21 heavy (non-hydrogen) atoms. The summed E-state index contributed by atoms with van der Waals surface area (Å²) >= 11 is 0. The average molecular weight is 277 g/mol. The van der Waals surface area contributed by atoms with Crippen molar-refractivity contribution in [2.45, 2.75) is 20.8 Å². The first-order valence-corrected chi connectivity index (χ1v) is 7.27. The Balaban J connectivity index is 2.23. The lowest BCUT2D eigenvalue weighted by Gasteiger charge is -2.11. The number of rotatable bonds is 3. The molecule has 0 saturated carbocycles. The van der Waals surface area contributed by atoms with Gasteiger partial charge in [-0.05, 0) is 32.4 Å². The largest absolute Gasteiger partial charge is 0.370 e. The maximum atomic E-state index is 4.73. The molecule has 3 nitrogen and oxygen atoms in total. The minimum absolute atomic E-state index is 0.768. The second-order valence-corrected chi connectivity index (χ2v) is 5.26. The lowest BCUT2D eigenvalue weighted by atomic mass is 10.1. The Morgan fingerprint density at radius 3 is 2.43 bits per heavy atom. The number of hydrogen-bond donors (Lipinski definition) is 1. The Kier molecular flexibility index (Phi) is 3.57. The van der Waals surface area contributed by atoms with Gasteiger partial charge in [-0.2, -0.15) is 0 Å². The highest BCUT2D eigenvalue weighted by Gasteiger charge is 2.10. The van der Waals surface area contributed by atoms with Crippen LogP contribution in [-0.4, -0.2) is 16.5 Å². The number of nitrogens with zero attached hydrogens (tertiary/aromatic N) is 2. The molecule has 0 unspecified atom stereocenters. The smallest absolute Gasteiger partial charge is 0.162 e. The monoisotopic (exact) mass is 277 g/mol. The number of anilines is 1. The molecule has 0 radical (unpaired) electrons. The minimum atomic E-state index is 0.768. The van der Waals surface area contributed by atoms with E-state index in [1.54, 1.807) is 0 Å². The van der Waals surface area contributed by atoms with Gasteiger partial charge in [-0.1, -0.05) is 42.0 Å². The van der Waals surface area contributed by atoms with Gasteiger partial charge in [0.2, 0.25) is 0 Å². The highest BCUT2D eigenvalue weighted by molar-refractivity contribution is 5.93. The standard InChI is InChI=1S/C18H19N3/c1-4-19-18-16-13(3)6-5-7-15(16)20-17(21-18)14-10-8-12(2)9-11-14/h5-11H,4H2,1-3H3,(H,19,20,21). The van der Waals surface area contributed by atoms with E-state index in [2.05, 4.69) is 56.4 Å². The molecule has 1 aromatic heterocycles. The second-order valence-electron chi connectivity index (χ2n) is 5.26. The summed E-state index contributed by atoms with van der Waals surface area (Å²) in [5.74, 6) is 1.68. The van der Waals surface area contributed by atoms with Crippen molar-refractivity contribution in [2.75, 3.05) is 11.9 Å². The van der Waals surface area contributed by atoms with Gasteiger partial charge in [-0.15, -0.1) is 0 Å². The summed E-state index contributed by atoms with van der Waals surface area (Å²) in [7, 11) is 0. The molecule has 0 saturated heterocycles. The SMILES string of the molecule is CCNc1nc(-c2ccc(C)cc2)nc2cccc(C)c12. The van der Waals surface area contributed by atoms with Crippen LogP contribution in [0, 0.1) is 13.8 Å². The van der Waals surface area contributed by atoms with E-state index in [9.17, 15) is 0 Å². The van der Waals surface area contributed by atoms with Crippen LogP contribution >= 0.6 is 0 Å². The molecule has 3 heteroatoms. The third kappa shape index (κ3) is 2.59. The van der Waals surface area contributed by atoms with Crippen molar-refractivity contribution in [3.63, 3.8) is 0 Å². The van der Waals surface area contributed by atoms with Crippen LogP contribution in [0.4, 0.5) is 5.82 Å². The van der Waals surface area contributed by atoms with E-state index in [4.69, 9.17) is 9.97 Å². The molecular formula is C18H19N3. The van der Waals surface area contributed by atoms with Crippen LogP contribution < -0.4 is 5.32 Å². The Labute approximate surface area is 125 Å². The zero-order chi connectivity index (χ0) is 14.8. The molecule has 0 amide bonds. The summed E-state index contributed by atoms with van der Waals surface area (Å²) in [6, 6.07) is 14.5. The number of aromatic nitrogens is 2. The number of nitrogens with one attached hydrogen (secondary N) is 1. The fraction of sp³-hybridized carbons (Fsp3) is 0.222. The van der Waals surface area contributed by atoms with Gasteiger partial charge in [-0.3, -0.25) is 0 Å². The summed E-state index contributed by atoms with van der Waals surface area (Å²) in [6.45, 7) is 7.10. The van der Waals surface area contributed by atoms with Gasteiger partial charge < -0.3 is 5.32 Å². The van der Waals surface area contributed by atoms with E-state index < -0.39 is 0 Å². The van der Waals surface area contributed by atoms with Crippen LogP contribution in [0.2, 0.25) is 0 Å². The molecule has 2 aromatic carbocycles. The van der Waals surface area contributed by atoms with Gasteiger partial charge in [0.15, 0.2) is 5.82 Å². The van der Waals surface area contributed by atoms with E-state index >= 15 is 0 Å². The van der Waals surface area contributed by atoms with Crippen LogP contribution in [0.1, 0.15) is 18.1 Å². The van der Waals surface area contributed by atoms with Crippen molar-refractivity contribution in [1.29, 1.82) is 0 Å². The summed E-state index contributed by atoms with van der Waals surface area (Å²) in [5.41, 5.74) is 4.46. The summed E-state index contributed by atoms with van der Waals surface area (Å²) in [4.78, 5) is 9.46. The molecule has 0 fully saturated rings. The molecule has 0 bridgehead atoms. The zero-order valence-electron chi connectivity index (χ0n) is 12.6. The van der Waals surface area contributed by atoms with E-state index in [1.807, 2.05) is 12.1 Å². The fourth-order valence-corrected chi connectivity index (χ4v) is 2.48. The lowest BCUT2D eigenvalue weighted by Crippen LogP contribution is -2.03. The number of benzene rings is 2. The molecule has 1 heterocycles. The van der Waals surface area contributed by atoms with Gasteiger partial charge in [0, 0.05) is 17.5 Å². The zero-order valence-corrected chi connectivity index (χ0v) is 12.6. The molecule has 0 aliphatic carbocycles. The van der Waals surface area contributed by atoms with Crippen LogP contribution in [0.5, 0.6) is 0 Å². The molecule has 0 spiro atoms. The third-order valence-corrected chi connectivity index (χ3v) is 3.59. The Morgan fingerprint density at radius 1 is 0.952 bits per heavy atom. The molecule has 106 valence electrons. The predicted molar refractivity (Wildman–Crippen MR) is 88.6 cm³/mol. The van der Waals surface area contributed by atoms with E-state index in [1.165, 1.54) is 11.1 Å². The minimum Gasteiger partial charge on any atom is -0.370 e. The quantitative estimate of drug-likeness (QED) is 0.773. The van der Waals surface area contributed by atoms with Crippen LogP contribution in [-0.2, 0) is 0 Å². The van der Waals surface area contributed by atoms with Crippen molar-refractivity contribution < 1.29 is 0 Å². The molecular weight excluding hydrogens is 258 g/mol. The Morgan fingerprint density at radius 2 is 1.71 bits per heavy atom. The predicted octanol–water partition coefficient (Wildman–Crippen LogP) is 4.35. The number of aryl methyl sites for hydroxylation is 2. The Hall–Kier alpha value is -2.42. The van der Waals surface area contributed by atoms with E-state index in [0.29, 0.717) is 0 Å². The second kappa shape index (κ2) is 5.52. The van der Waals surface area contributed by atoms with Crippen molar-refractivity contribution in [1.82, 2.24) is 9.97 Å². The summed E-state index contributed by atoms with van der Waals surface area (Å²) < 4.78 is 0. The maximum absolute atomic E-state index is 4.73. The van der Waals surface area contributed by atoms with Gasteiger partial charge >= 0.3 is 0 Å². The first-order valence-electron chi connectivity index (χ1n) is 7.27. The van der Waals surface area contributed by atoms with Crippen molar-refractivity contribution in [3.05, 3.63) is 53.6 Å². The van der Waals surface area contributed by atoms with Gasteiger partial charge in [0.1, 0.15) is 5.82 Å². The molecule has 3 aromatic rings. The average Bonchev–Trinajstić information content (AvgIpc) is 2.48. The maximum Gasteiger partial charge on any atom is 0.162 e. The van der Waals surface area contributed by atoms with Crippen LogP contribution in [0.25, 0.3) is 22.3 Å². The number of fused-ring (bicyclic) bond motifs is 1. The highest BCUT2D eigenvalue weighted by Crippen LogP contribution is 2.27. The normalized spacial score (nSPS) is 10.8. The van der Waals surface area contributed by atoms with Crippen LogP contribution in [0.3, 0.4) is 0 Å². The number of hydrogen-bond acceptors (Lipinski definition) is 3. The molecule has 0 aliphatic rings. The Bertz CT molecular complexity index is 776. The lowest BCUT2D eigenvalue weighted by molar-refractivity contribution is 1.14. The van der Waals surface area contributed by atoms with E-state index in [0.717, 1.165) is 34.7 Å². The molecule has 0 aliphatic heterocycles. The summed E-state index contributed by atoms with van der Waals surface area (Å²) in [6.07, 6.45) is 0. The van der Waals surface area contributed by atoms with E-state index in [-0.39, 0.29) is 0 Å². The molecule has 3 rings (SSSR count). The molecule has 1 N–H and O–H groups in total. The van der Waals surface area contributed by atoms with Gasteiger partial charge in [-0.25, -0.2) is 9.97 Å². The van der Waals surface area contributed by atoms with Crippen molar-refractivity contribution in [3.8, 4) is 11.4 Å². The van der Waals surface area contributed by atoms with Gasteiger partial charge in [0.05, 0.1) is 5.52 Å². The first-order chi connectivity index (χ1) is 10.2. The van der Waals surface area contributed by atoms with Crippen molar-refractivity contribution >= 4 is 16.7 Å². The highest BCUT2D eigenvalue weighted by atomic mass is 15.0. The first kappa shape index (κ1) is 13.6. The molecule has 0 atom stereocenters. The topological polar surface area (TPSA) is 37.8 Å². The van der Waals surface area contributed by atoms with Crippen molar-refractivity contribution in [2.24, 2.45) is 0 Å².